The van der Waals surface area contributed by atoms with Crippen molar-refractivity contribution in [3.05, 3.63) is 94.8 Å². The summed E-state index contributed by atoms with van der Waals surface area (Å²) in [5.41, 5.74) is 5.83. The quantitative estimate of drug-likeness (QED) is 0.599. The molecule has 4 rings (SSSR count). The highest BCUT2D eigenvalue weighted by atomic mass is 16.5. The molecule has 0 spiro atoms. The molecule has 160 valence electrons. The van der Waals surface area contributed by atoms with Gasteiger partial charge in [0, 0.05) is 36.6 Å². The third-order valence-corrected chi connectivity index (χ3v) is 5.69. The zero-order valence-electron chi connectivity index (χ0n) is 18.3. The molecule has 3 aromatic rings. The Morgan fingerprint density at radius 1 is 0.935 bits per heavy atom. The van der Waals surface area contributed by atoms with Crippen molar-refractivity contribution >= 4 is 11.6 Å². The standard InChI is InChI=1S/C26H29N3O2/c1-20-8-6-11-23(27-20)19-29(18-22-9-4-3-5-10-22)26(30)24-12-7-13-25(21(24)2)28-14-16-31-17-15-28/h3-13H,14-19H2,1-2H3. The molecule has 0 atom stereocenters. The normalized spacial score (nSPS) is 13.8. The average molecular weight is 416 g/mol. The van der Waals surface area contributed by atoms with Gasteiger partial charge in [-0.3, -0.25) is 9.78 Å². The molecule has 5 heteroatoms. The second-order valence-corrected chi connectivity index (χ2v) is 7.97. The van der Waals surface area contributed by atoms with E-state index in [4.69, 9.17) is 4.74 Å². The molecular weight excluding hydrogens is 386 g/mol. The predicted octanol–water partition coefficient (Wildman–Crippen LogP) is 4.38. The van der Waals surface area contributed by atoms with Crippen molar-refractivity contribution in [1.82, 2.24) is 9.88 Å². The summed E-state index contributed by atoms with van der Waals surface area (Å²) < 4.78 is 5.50. The van der Waals surface area contributed by atoms with E-state index in [1.54, 1.807) is 0 Å². The maximum absolute atomic E-state index is 13.7. The number of carbonyl (C=O) groups is 1. The van der Waals surface area contributed by atoms with Crippen LogP contribution in [0.1, 0.15) is 32.9 Å². The summed E-state index contributed by atoms with van der Waals surface area (Å²) in [5.74, 6) is 0.0276. The minimum absolute atomic E-state index is 0.0276. The molecule has 0 aliphatic carbocycles. The number of hydrogen-bond acceptors (Lipinski definition) is 4. The Morgan fingerprint density at radius 2 is 1.68 bits per heavy atom. The molecule has 1 saturated heterocycles. The molecule has 2 aromatic carbocycles. The third-order valence-electron chi connectivity index (χ3n) is 5.69. The van der Waals surface area contributed by atoms with Crippen molar-refractivity contribution in [3.63, 3.8) is 0 Å². The van der Waals surface area contributed by atoms with Gasteiger partial charge in [-0.15, -0.1) is 0 Å². The van der Waals surface area contributed by atoms with Crippen molar-refractivity contribution < 1.29 is 9.53 Å². The van der Waals surface area contributed by atoms with Gasteiger partial charge in [0.15, 0.2) is 0 Å². The smallest absolute Gasteiger partial charge is 0.254 e. The first-order valence-corrected chi connectivity index (χ1v) is 10.8. The van der Waals surface area contributed by atoms with Gasteiger partial charge in [-0.05, 0) is 49.2 Å². The molecule has 1 fully saturated rings. The van der Waals surface area contributed by atoms with E-state index in [1.807, 2.05) is 67.3 Å². The lowest BCUT2D eigenvalue weighted by atomic mass is 10.0. The predicted molar refractivity (Wildman–Crippen MR) is 123 cm³/mol. The summed E-state index contributed by atoms with van der Waals surface area (Å²) in [6.07, 6.45) is 0. The zero-order valence-corrected chi connectivity index (χ0v) is 18.3. The first-order valence-electron chi connectivity index (χ1n) is 10.8. The van der Waals surface area contributed by atoms with Crippen LogP contribution in [-0.4, -0.2) is 42.1 Å². The summed E-state index contributed by atoms with van der Waals surface area (Å²) in [6.45, 7) is 8.16. The second-order valence-electron chi connectivity index (χ2n) is 7.97. The van der Waals surface area contributed by atoms with Crippen LogP contribution in [0.3, 0.4) is 0 Å². The fourth-order valence-corrected chi connectivity index (χ4v) is 4.06. The monoisotopic (exact) mass is 415 g/mol. The van der Waals surface area contributed by atoms with Gasteiger partial charge in [0.25, 0.3) is 5.91 Å². The molecule has 2 heterocycles. The molecule has 0 radical (unpaired) electrons. The number of anilines is 1. The van der Waals surface area contributed by atoms with Crippen LogP contribution in [0.4, 0.5) is 5.69 Å². The Balaban J connectivity index is 1.64. The Morgan fingerprint density at radius 3 is 2.42 bits per heavy atom. The molecule has 1 aliphatic heterocycles. The van der Waals surface area contributed by atoms with Gasteiger partial charge in [0.05, 0.1) is 25.5 Å². The lowest BCUT2D eigenvalue weighted by Crippen LogP contribution is -2.37. The molecule has 5 nitrogen and oxygen atoms in total. The number of aromatic nitrogens is 1. The summed E-state index contributed by atoms with van der Waals surface area (Å²) in [5, 5.41) is 0. The largest absolute Gasteiger partial charge is 0.378 e. The maximum Gasteiger partial charge on any atom is 0.254 e. The molecular formula is C26H29N3O2. The molecule has 31 heavy (non-hydrogen) atoms. The van der Waals surface area contributed by atoms with Gasteiger partial charge >= 0.3 is 0 Å². The minimum atomic E-state index is 0.0276. The van der Waals surface area contributed by atoms with E-state index >= 15 is 0 Å². The Hall–Kier alpha value is -3.18. The molecule has 0 saturated carbocycles. The fourth-order valence-electron chi connectivity index (χ4n) is 4.06. The van der Waals surface area contributed by atoms with E-state index in [9.17, 15) is 4.79 Å². The third kappa shape index (κ3) is 5.12. The molecule has 1 aromatic heterocycles. The highest BCUT2D eigenvalue weighted by molar-refractivity contribution is 5.97. The number of carbonyl (C=O) groups excluding carboxylic acids is 1. The summed E-state index contributed by atoms with van der Waals surface area (Å²) in [6, 6.07) is 22.1. The van der Waals surface area contributed by atoms with E-state index < -0.39 is 0 Å². The van der Waals surface area contributed by atoms with Crippen molar-refractivity contribution in [2.24, 2.45) is 0 Å². The first kappa shape index (κ1) is 21.1. The topological polar surface area (TPSA) is 45.7 Å². The van der Waals surface area contributed by atoms with Crippen LogP contribution in [-0.2, 0) is 17.8 Å². The van der Waals surface area contributed by atoms with E-state index in [0.29, 0.717) is 13.1 Å². The van der Waals surface area contributed by atoms with Crippen LogP contribution in [0.2, 0.25) is 0 Å². The number of amides is 1. The maximum atomic E-state index is 13.7. The van der Waals surface area contributed by atoms with E-state index in [-0.39, 0.29) is 5.91 Å². The van der Waals surface area contributed by atoms with Gasteiger partial charge in [-0.25, -0.2) is 0 Å². The van der Waals surface area contributed by atoms with Crippen molar-refractivity contribution in [2.45, 2.75) is 26.9 Å². The van der Waals surface area contributed by atoms with Gasteiger partial charge in [-0.2, -0.15) is 0 Å². The highest BCUT2D eigenvalue weighted by Crippen LogP contribution is 2.26. The van der Waals surface area contributed by atoms with E-state index in [1.165, 1.54) is 0 Å². The number of rotatable bonds is 6. The summed E-state index contributed by atoms with van der Waals surface area (Å²) in [7, 11) is 0. The molecule has 0 N–H and O–H groups in total. The highest BCUT2D eigenvalue weighted by Gasteiger charge is 2.22. The average Bonchev–Trinajstić information content (AvgIpc) is 2.80. The van der Waals surface area contributed by atoms with Crippen molar-refractivity contribution in [1.29, 1.82) is 0 Å². The summed E-state index contributed by atoms with van der Waals surface area (Å²) in [4.78, 5) is 22.6. The summed E-state index contributed by atoms with van der Waals surface area (Å²) >= 11 is 0. The number of aryl methyl sites for hydroxylation is 1. The lowest BCUT2D eigenvalue weighted by molar-refractivity contribution is 0.0727. The van der Waals surface area contributed by atoms with Gasteiger partial charge in [-0.1, -0.05) is 42.5 Å². The molecule has 0 bridgehead atoms. The fraction of sp³-hybridized carbons (Fsp3) is 0.308. The van der Waals surface area contributed by atoms with Crippen LogP contribution in [0.25, 0.3) is 0 Å². The Bertz CT molecular complexity index is 1030. The SMILES string of the molecule is Cc1cccc(CN(Cc2ccccc2)C(=O)c2cccc(N3CCOCC3)c2C)n1. The van der Waals surface area contributed by atoms with Crippen molar-refractivity contribution in [2.75, 3.05) is 31.2 Å². The van der Waals surface area contributed by atoms with Gasteiger partial charge < -0.3 is 14.5 Å². The van der Waals surface area contributed by atoms with Crippen LogP contribution in [0, 0.1) is 13.8 Å². The number of pyridine rings is 1. The van der Waals surface area contributed by atoms with E-state index in [0.717, 1.165) is 60.1 Å². The minimum Gasteiger partial charge on any atom is -0.378 e. The molecule has 1 aliphatic rings. The van der Waals surface area contributed by atoms with E-state index in [2.05, 4.69) is 28.1 Å². The number of morpholine rings is 1. The molecule has 0 unspecified atom stereocenters. The van der Waals surface area contributed by atoms with Crippen LogP contribution < -0.4 is 4.90 Å². The van der Waals surface area contributed by atoms with Gasteiger partial charge in [0.1, 0.15) is 0 Å². The second kappa shape index (κ2) is 9.75. The van der Waals surface area contributed by atoms with Crippen LogP contribution in [0.15, 0.2) is 66.7 Å². The number of nitrogens with zero attached hydrogens (tertiary/aromatic N) is 3. The number of ether oxygens (including phenoxy) is 1. The Kier molecular flexibility index (Phi) is 6.63. The molecule has 1 amide bonds. The number of benzene rings is 2. The van der Waals surface area contributed by atoms with Crippen LogP contribution >= 0.6 is 0 Å². The van der Waals surface area contributed by atoms with Crippen molar-refractivity contribution in [3.8, 4) is 0 Å². The lowest BCUT2D eigenvalue weighted by Gasteiger charge is -2.31. The Labute approximate surface area is 184 Å². The van der Waals surface area contributed by atoms with Gasteiger partial charge in [0.2, 0.25) is 0 Å². The number of hydrogen-bond donors (Lipinski definition) is 0. The first-order chi connectivity index (χ1) is 15.1. The zero-order chi connectivity index (χ0) is 21.6. The van der Waals surface area contributed by atoms with Crippen LogP contribution in [0.5, 0.6) is 0 Å².